The van der Waals surface area contributed by atoms with Gasteiger partial charge in [-0.2, -0.15) is 4.31 Å². The Morgan fingerprint density at radius 2 is 1.77 bits per heavy atom. The molecule has 2 aromatic rings. The van der Waals surface area contributed by atoms with Crippen molar-refractivity contribution < 1.29 is 22.7 Å². The molecule has 0 atom stereocenters. The molecule has 0 unspecified atom stereocenters. The number of hydrogen-bond donors (Lipinski definition) is 2. The molecule has 1 aliphatic carbocycles. The van der Waals surface area contributed by atoms with Crippen LogP contribution in [0.5, 0.6) is 0 Å². The number of benzene rings is 1. The third kappa shape index (κ3) is 4.27. The highest BCUT2D eigenvalue weighted by Gasteiger charge is 2.27. The normalized spacial score (nSPS) is 17.2. The zero-order chi connectivity index (χ0) is 21.1. The third-order valence-corrected chi connectivity index (χ3v) is 8.28. The van der Waals surface area contributed by atoms with Gasteiger partial charge in [0.05, 0.1) is 23.7 Å². The number of sulfonamides is 1. The van der Waals surface area contributed by atoms with Gasteiger partial charge in [-0.05, 0) is 49.4 Å². The maximum absolute atomic E-state index is 12.8. The van der Waals surface area contributed by atoms with Crippen molar-refractivity contribution in [1.82, 2.24) is 15.2 Å². The Kier molecular flexibility index (Phi) is 6.19. The summed E-state index contributed by atoms with van der Waals surface area (Å²) in [5.41, 5.74) is 6.65. The van der Waals surface area contributed by atoms with Gasteiger partial charge in [-0.3, -0.25) is 20.4 Å². The molecule has 2 heterocycles. The van der Waals surface area contributed by atoms with E-state index >= 15 is 0 Å². The van der Waals surface area contributed by atoms with Crippen LogP contribution in [0.3, 0.4) is 0 Å². The smallest absolute Gasteiger partial charge is 0.270 e. The van der Waals surface area contributed by atoms with Crippen molar-refractivity contribution in [2.75, 3.05) is 26.3 Å². The number of fused-ring (bicyclic) bond motifs is 1. The summed E-state index contributed by atoms with van der Waals surface area (Å²) < 4.78 is 32.1. The highest BCUT2D eigenvalue weighted by Crippen LogP contribution is 2.30. The number of nitrogens with one attached hydrogen (secondary N) is 2. The van der Waals surface area contributed by atoms with Crippen LogP contribution in [0.2, 0.25) is 0 Å². The van der Waals surface area contributed by atoms with Crippen LogP contribution in [-0.2, 0) is 27.6 Å². The molecule has 4 rings (SSSR count). The number of hydrogen-bond acceptors (Lipinski definition) is 6. The Hall–Kier alpha value is -2.27. The zero-order valence-electron chi connectivity index (χ0n) is 16.3. The average Bonchev–Trinajstić information content (AvgIpc) is 3.22. The minimum absolute atomic E-state index is 0.0373. The van der Waals surface area contributed by atoms with E-state index in [1.807, 2.05) is 5.38 Å². The first-order chi connectivity index (χ1) is 14.5. The second kappa shape index (κ2) is 8.84. The fraction of sp³-hybridized carbons (Fsp3) is 0.400. The quantitative estimate of drug-likeness (QED) is 0.692. The lowest BCUT2D eigenvalue weighted by atomic mass is 9.96. The number of nitrogens with zero attached hydrogens (tertiary/aromatic N) is 1. The highest BCUT2D eigenvalue weighted by molar-refractivity contribution is 7.89. The fourth-order valence-corrected chi connectivity index (χ4v) is 6.25. The molecule has 0 bridgehead atoms. The first kappa shape index (κ1) is 21.0. The molecule has 1 saturated heterocycles. The van der Waals surface area contributed by atoms with E-state index in [-0.39, 0.29) is 29.5 Å². The van der Waals surface area contributed by atoms with Gasteiger partial charge >= 0.3 is 0 Å². The number of rotatable bonds is 4. The lowest BCUT2D eigenvalue weighted by Crippen LogP contribution is -2.42. The molecule has 8 nitrogen and oxygen atoms in total. The van der Waals surface area contributed by atoms with Crippen molar-refractivity contribution in [3.8, 4) is 0 Å². The van der Waals surface area contributed by atoms with Crippen molar-refractivity contribution in [1.29, 1.82) is 0 Å². The molecule has 0 radical (unpaired) electrons. The standard InChI is InChI=1S/C20H23N3O5S2/c24-19(21-22-20(25)17-13-29-18-7-2-1-6-16(17)18)14-4-3-5-15(12-14)30(26,27)23-8-10-28-11-9-23/h3-5,12-13H,1-2,6-11H2,(H,21,24)(H,22,25). The Balaban J connectivity index is 1.43. The molecule has 1 aliphatic heterocycles. The lowest BCUT2D eigenvalue weighted by Gasteiger charge is -2.26. The predicted octanol–water partition coefficient (Wildman–Crippen LogP) is 1.72. The Labute approximate surface area is 179 Å². The molecule has 2 aliphatic rings. The predicted molar refractivity (Wildman–Crippen MR) is 112 cm³/mol. The van der Waals surface area contributed by atoms with Gasteiger partial charge in [-0.15, -0.1) is 11.3 Å². The Morgan fingerprint density at radius 1 is 1.03 bits per heavy atom. The van der Waals surface area contributed by atoms with E-state index in [2.05, 4.69) is 10.9 Å². The van der Waals surface area contributed by atoms with Crippen molar-refractivity contribution >= 4 is 33.2 Å². The molecule has 1 fully saturated rings. The molecule has 160 valence electrons. The van der Waals surface area contributed by atoms with Crippen LogP contribution in [0.4, 0.5) is 0 Å². The summed E-state index contributed by atoms with van der Waals surface area (Å²) in [6, 6.07) is 5.79. The van der Waals surface area contributed by atoms with Gasteiger partial charge in [0, 0.05) is 28.9 Å². The van der Waals surface area contributed by atoms with Gasteiger partial charge in [0.2, 0.25) is 10.0 Å². The van der Waals surface area contributed by atoms with Crippen LogP contribution in [0, 0.1) is 0 Å². The van der Waals surface area contributed by atoms with Gasteiger partial charge in [-0.25, -0.2) is 8.42 Å². The first-order valence-electron chi connectivity index (χ1n) is 9.85. The molecule has 30 heavy (non-hydrogen) atoms. The second-order valence-corrected chi connectivity index (χ2v) is 10.1. The zero-order valence-corrected chi connectivity index (χ0v) is 18.0. The van der Waals surface area contributed by atoms with E-state index in [9.17, 15) is 18.0 Å². The molecule has 1 aromatic heterocycles. The van der Waals surface area contributed by atoms with Crippen LogP contribution in [-0.4, -0.2) is 50.8 Å². The van der Waals surface area contributed by atoms with E-state index in [1.165, 1.54) is 33.4 Å². The third-order valence-electron chi connectivity index (χ3n) is 5.30. The van der Waals surface area contributed by atoms with Crippen LogP contribution >= 0.6 is 11.3 Å². The van der Waals surface area contributed by atoms with E-state index in [0.29, 0.717) is 18.8 Å². The Bertz CT molecular complexity index is 1060. The minimum Gasteiger partial charge on any atom is -0.379 e. The minimum atomic E-state index is -3.71. The summed E-state index contributed by atoms with van der Waals surface area (Å²) in [6.45, 7) is 1.25. The van der Waals surface area contributed by atoms with E-state index < -0.39 is 15.9 Å². The fourth-order valence-electron chi connectivity index (χ4n) is 3.67. The number of morpholine rings is 1. The topological polar surface area (TPSA) is 105 Å². The van der Waals surface area contributed by atoms with E-state index in [1.54, 1.807) is 11.3 Å². The highest BCUT2D eigenvalue weighted by atomic mass is 32.2. The van der Waals surface area contributed by atoms with Gasteiger partial charge < -0.3 is 4.74 Å². The molecular formula is C20H23N3O5S2. The number of amides is 2. The summed E-state index contributed by atoms with van der Waals surface area (Å²) in [6.07, 6.45) is 4.05. The number of aryl methyl sites for hydroxylation is 1. The Morgan fingerprint density at radius 3 is 2.57 bits per heavy atom. The number of carbonyl (C=O) groups is 2. The van der Waals surface area contributed by atoms with Gasteiger partial charge in [0.25, 0.3) is 11.8 Å². The van der Waals surface area contributed by atoms with Crippen LogP contribution in [0.25, 0.3) is 0 Å². The van der Waals surface area contributed by atoms with Gasteiger partial charge in [0.1, 0.15) is 0 Å². The molecule has 2 N–H and O–H groups in total. The summed E-state index contributed by atoms with van der Waals surface area (Å²) in [4.78, 5) is 26.3. The van der Waals surface area contributed by atoms with Crippen molar-refractivity contribution in [2.45, 2.75) is 30.6 Å². The maximum Gasteiger partial charge on any atom is 0.270 e. The number of thiophene rings is 1. The summed E-state index contributed by atoms with van der Waals surface area (Å²) in [7, 11) is -3.71. The van der Waals surface area contributed by atoms with Crippen LogP contribution in [0.15, 0.2) is 34.5 Å². The molecule has 1 aromatic carbocycles. The molecule has 0 spiro atoms. The molecule has 10 heteroatoms. The molecular weight excluding hydrogens is 426 g/mol. The molecule has 2 amide bonds. The van der Waals surface area contributed by atoms with Gasteiger partial charge in [0.15, 0.2) is 0 Å². The van der Waals surface area contributed by atoms with E-state index in [0.717, 1.165) is 31.2 Å². The van der Waals surface area contributed by atoms with Crippen molar-refractivity contribution in [3.63, 3.8) is 0 Å². The largest absolute Gasteiger partial charge is 0.379 e. The van der Waals surface area contributed by atoms with Crippen molar-refractivity contribution in [3.05, 3.63) is 51.2 Å². The molecule has 0 saturated carbocycles. The van der Waals surface area contributed by atoms with E-state index in [4.69, 9.17) is 4.74 Å². The second-order valence-electron chi connectivity index (χ2n) is 7.21. The van der Waals surface area contributed by atoms with Crippen molar-refractivity contribution in [2.24, 2.45) is 0 Å². The summed E-state index contributed by atoms with van der Waals surface area (Å²) >= 11 is 1.58. The summed E-state index contributed by atoms with van der Waals surface area (Å²) in [5, 5.41) is 1.83. The van der Waals surface area contributed by atoms with Crippen LogP contribution < -0.4 is 10.9 Å². The monoisotopic (exact) mass is 449 g/mol. The number of carbonyl (C=O) groups excluding carboxylic acids is 2. The average molecular weight is 450 g/mol. The van der Waals surface area contributed by atoms with Gasteiger partial charge in [-0.1, -0.05) is 6.07 Å². The van der Waals surface area contributed by atoms with Crippen LogP contribution in [0.1, 0.15) is 44.0 Å². The first-order valence-corrected chi connectivity index (χ1v) is 12.2. The number of ether oxygens (including phenoxy) is 1. The lowest BCUT2D eigenvalue weighted by molar-refractivity contribution is 0.0730. The maximum atomic E-state index is 12.8. The summed E-state index contributed by atoms with van der Waals surface area (Å²) in [5.74, 6) is -0.939. The number of hydrazine groups is 1. The SMILES string of the molecule is O=C(NNC(=O)c1csc2c1CCCC2)c1cccc(S(=O)(=O)N2CCOCC2)c1.